The van der Waals surface area contributed by atoms with E-state index in [2.05, 4.69) is 10.2 Å². The van der Waals surface area contributed by atoms with E-state index in [0.29, 0.717) is 13.0 Å². The van der Waals surface area contributed by atoms with E-state index in [9.17, 15) is 4.39 Å². The Bertz CT molecular complexity index is 422. The summed E-state index contributed by atoms with van der Waals surface area (Å²) in [7, 11) is 0. The van der Waals surface area contributed by atoms with Gasteiger partial charge >= 0.3 is 0 Å². The van der Waals surface area contributed by atoms with Crippen LogP contribution in [0.3, 0.4) is 0 Å². The van der Waals surface area contributed by atoms with Gasteiger partial charge in [-0.25, -0.2) is 4.39 Å². The lowest BCUT2D eigenvalue weighted by atomic mass is 10.1. The van der Waals surface area contributed by atoms with E-state index >= 15 is 0 Å². The molecule has 0 bridgehead atoms. The summed E-state index contributed by atoms with van der Waals surface area (Å²) in [5.41, 5.74) is 7.09. The third-order valence-electron chi connectivity index (χ3n) is 1.99. The SMILES string of the molecule is NCCc1[nH]nc2ccc(F)cc12. The lowest BCUT2D eigenvalue weighted by Gasteiger charge is -1.94. The van der Waals surface area contributed by atoms with Crippen molar-refractivity contribution in [3.8, 4) is 0 Å². The molecule has 0 fully saturated rings. The van der Waals surface area contributed by atoms with Crippen LogP contribution in [-0.2, 0) is 6.42 Å². The number of nitrogens with zero attached hydrogens (tertiary/aromatic N) is 1. The van der Waals surface area contributed by atoms with Crippen molar-refractivity contribution in [2.24, 2.45) is 5.73 Å². The first-order chi connectivity index (χ1) is 6.31. The second kappa shape index (κ2) is 3.14. The van der Waals surface area contributed by atoms with Gasteiger partial charge in [0, 0.05) is 17.5 Å². The lowest BCUT2D eigenvalue weighted by molar-refractivity contribution is 0.629. The van der Waals surface area contributed by atoms with E-state index in [1.807, 2.05) is 0 Å². The van der Waals surface area contributed by atoms with Crippen LogP contribution < -0.4 is 5.73 Å². The van der Waals surface area contributed by atoms with Crippen molar-refractivity contribution < 1.29 is 4.39 Å². The molecule has 4 heteroatoms. The van der Waals surface area contributed by atoms with Crippen molar-refractivity contribution in [3.63, 3.8) is 0 Å². The van der Waals surface area contributed by atoms with Crippen molar-refractivity contribution in [3.05, 3.63) is 29.7 Å². The van der Waals surface area contributed by atoms with E-state index < -0.39 is 0 Å². The summed E-state index contributed by atoms with van der Waals surface area (Å²) >= 11 is 0. The first-order valence-corrected chi connectivity index (χ1v) is 4.14. The Morgan fingerprint density at radius 1 is 1.46 bits per heavy atom. The normalized spacial score (nSPS) is 10.9. The zero-order valence-electron chi connectivity index (χ0n) is 7.05. The van der Waals surface area contributed by atoms with E-state index in [0.717, 1.165) is 16.6 Å². The zero-order chi connectivity index (χ0) is 9.26. The van der Waals surface area contributed by atoms with Crippen LogP contribution in [0.1, 0.15) is 5.69 Å². The molecule has 2 aromatic rings. The second-order valence-electron chi connectivity index (χ2n) is 2.90. The number of halogens is 1. The highest BCUT2D eigenvalue weighted by Gasteiger charge is 2.04. The Balaban J connectivity index is 2.58. The molecule has 0 spiro atoms. The number of nitrogens with two attached hydrogens (primary N) is 1. The highest BCUT2D eigenvalue weighted by molar-refractivity contribution is 5.81. The van der Waals surface area contributed by atoms with Gasteiger partial charge in [-0.3, -0.25) is 5.10 Å². The molecule has 0 saturated heterocycles. The van der Waals surface area contributed by atoms with Gasteiger partial charge < -0.3 is 5.73 Å². The summed E-state index contributed by atoms with van der Waals surface area (Å²) < 4.78 is 12.9. The first-order valence-electron chi connectivity index (χ1n) is 4.14. The second-order valence-corrected chi connectivity index (χ2v) is 2.90. The number of nitrogens with one attached hydrogen (secondary N) is 1. The van der Waals surface area contributed by atoms with Gasteiger partial charge in [-0.05, 0) is 24.7 Å². The zero-order valence-corrected chi connectivity index (χ0v) is 7.05. The van der Waals surface area contributed by atoms with Gasteiger partial charge in [0.2, 0.25) is 0 Å². The number of aromatic nitrogens is 2. The van der Waals surface area contributed by atoms with Crippen LogP contribution in [-0.4, -0.2) is 16.7 Å². The van der Waals surface area contributed by atoms with Crippen LogP contribution in [0.2, 0.25) is 0 Å². The Hall–Kier alpha value is -1.42. The predicted molar refractivity (Wildman–Crippen MR) is 48.8 cm³/mol. The van der Waals surface area contributed by atoms with Gasteiger partial charge in [0.25, 0.3) is 0 Å². The molecule has 0 radical (unpaired) electrons. The highest BCUT2D eigenvalue weighted by atomic mass is 19.1. The maximum absolute atomic E-state index is 12.9. The fourth-order valence-electron chi connectivity index (χ4n) is 1.37. The Morgan fingerprint density at radius 2 is 2.31 bits per heavy atom. The number of H-pyrrole nitrogens is 1. The average molecular weight is 179 g/mol. The third kappa shape index (κ3) is 1.40. The van der Waals surface area contributed by atoms with Crippen LogP contribution in [0.4, 0.5) is 4.39 Å². The van der Waals surface area contributed by atoms with Crippen molar-refractivity contribution in [1.82, 2.24) is 10.2 Å². The molecule has 0 unspecified atom stereocenters. The molecule has 2 rings (SSSR count). The average Bonchev–Trinajstić information content (AvgIpc) is 2.49. The molecular weight excluding hydrogens is 169 g/mol. The van der Waals surface area contributed by atoms with Gasteiger partial charge in [-0.2, -0.15) is 5.10 Å². The number of rotatable bonds is 2. The molecule has 1 aromatic carbocycles. The van der Waals surface area contributed by atoms with Crippen LogP contribution in [0.25, 0.3) is 10.9 Å². The topological polar surface area (TPSA) is 54.7 Å². The maximum atomic E-state index is 12.9. The molecule has 0 aliphatic carbocycles. The molecule has 0 aliphatic heterocycles. The standard InChI is InChI=1S/C9H10FN3/c10-6-1-2-8-7(5-6)9(3-4-11)13-12-8/h1-2,5H,3-4,11H2,(H,12,13). The molecule has 0 aliphatic rings. The van der Waals surface area contributed by atoms with Crippen molar-refractivity contribution >= 4 is 10.9 Å². The fourth-order valence-corrected chi connectivity index (χ4v) is 1.37. The van der Waals surface area contributed by atoms with Gasteiger partial charge in [-0.1, -0.05) is 0 Å². The highest BCUT2D eigenvalue weighted by Crippen LogP contribution is 2.16. The summed E-state index contributed by atoms with van der Waals surface area (Å²) in [5, 5.41) is 7.70. The maximum Gasteiger partial charge on any atom is 0.124 e. The van der Waals surface area contributed by atoms with Crippen LogP contribution in [0.5, 0.6) is 0 Å². The fraction of sp³-hybridized carbons (Fsp3) is 0.222. The minimum absolute atomic E-state index is 0.243. The summed E-state index contributed by atoms with van der Waals surface area (Å²) in [6, 6.07) is 4.53. The molecule has 0 amide bonds. The molecule has 0 atom stereocenters. The Morgan fingerprint density at radius 3 is 3.08 bits per heavy atom. The molecule has 1 aromatic heterocycles. The molecule has 68 valence electrons. The number of hydrogen-bond donors (Lipinski definition) is 2. The Labute approximate surface area is 74.7 Å². The molecular formula is C9H10FN3. The van der Waals surface area contributed by atoms with Crippen molar-refractivity contribution in [2.45, 2.75) is 6.42 Å². The molecule has 0 saturated carbocycles. The molecule has 3 N–H and O–H groups in total. The van der Waals surface area contributed by atoms with Gasteiger partial charge in [0.1, 0.15) is 5.82 Å². The van der Waals surface area contributed by atoms with Crippen molar-refractivity contribution in [1.29, 1.82) is 0 Å². The number of benzene rings is 1. The predicted octanol–water partition coefficient (Wildman–Crippen LogP) is 1.20. The van der Waals surface area contributed by atoms with E-state index in [-0.39, 0.29) is 5.82 Å². The monoisotopic (exact) mass is 179 g/mol. The minimum atomic E-state index is -0.243. The van der Waals surface area contributed by atoms with E-state index in [4.69, 9.17) is 5.73 Å². The lowest BCUT2D eigenvalue weighted by Crippen LogP contribution is -2.03. The van der Waals surface area contributed by atoms with Crippen molar-refractivity contribution in [2.75, 3.05) is 6.54 Å². The van der Waals surface area contributed by atoms with Crippen LogP contribution in [0.15, 0.2) is 18.2 Å². The quantitative estimate of drug-likeness (QED) is 0.727. The minimum Gasteiger partial charge on any atom is -0.330 e. The largest absolute Gasteiger partial charge is 0.330 e. The van der Waals surface area contributed by atoms with Crippen LogP contribution >= 0.6 is 0 Å². The van der Waals surface area contributed by atoms with Gasteiger partial charge in [0.05, 0.1) is 5.52 Å². The summed E-state index contributed by atoms with van der Waals surface area (Å²) in [5.74, 6) is -0.243. The summed E-state index contributed by atoms with van der Waals surface area (Å²) in [6.45, 7) is 0.536. The first kappa shape index (κ1) is 8.19. The van der Waals surface area contributed by atoms with Crippen LogP contribution in [0, 0.1) is 5.82 Å². The number of fused-ring (bicyclic) bond motifs is 1. The van der Waals surface area contributed by atoms with Gasteiger partial charge in [-0.15, -0.1) is 0 Å². The Kier molecular flexibility index (Phi) is 1.98. The van der Waals surface area contributed by atoms with Gasteiger partial charge in [0.15, 0.2) is 0 Å². The summed E-state index contributed by atoms with van der Waals surface area (Å²) in [6.07, 6.45) is 0.694. The molecule has 1 heterocycles. The molecule has 3 nitrogen and oxygen atoms in total. The van der Waals surface area contributed by atoms with E-state index in [1.54, 1.807) is 6.07 Å². The number of hydrogen-bond acceptors (Lipinski definition) is 2. The van der Waals surface area contributed by atoms with E-state index in [1.165, 1.54) is 12.1 Å². The summed E-state index contributed by atoms with van der Waals surface area (Å²) in [4.78, 5) is 0. The third-order valence-corrected chi connectivity index (χ3v) is 1.99. The molecule has 13 heavy (non-hydrogen) atoms. The number of aromatic amines is 1. The smallest absolute Gasteiger partial charge is 0.124 e.